The molecule has 1 heterocycles. The van der Waals surface area contributed by atoms with Gasteiger partial charge in [0.05, 0.1) is 6.54 Å². The van der Waals surface area contributed by atoms with Crippen LogP contribution in [0.3, 0.4) is 0 Å². The van der Waals surface area contributed by atoms with Crippen molar-refractivity contribution in [3.05, 3.63) is 34.3 Å². The van der Waals surface area contributed by atoms with Gasteiger partial charge < -0.3 is 0 Å². The monoisotopic (exact) mass is 295 g/mol. The third-order valence-electron chi connectivity index (χ3n) is 3.27. The summed E-state index contributed by atoms with van der Waals surface area (Å²) in [7, 11) is 0. The van der Waals surface area contributed by atoms with Crippen molar-refractivity contribution in [2.24, 2.45) is 5.41 Å². The Kier molecular flexibility index (Phi) is 3.69. The molecule has 1 fully saturated rings. The fraction of sp³-hybridized carbons (Fsp3) is 0.500. The highest BCUT2D eigenvalue weighted by molar-refractivity contribution is 9.10. The summed E-state index contributed by atoms with van der Waals surface area (Å²) in [5, 5.41) is 0. The van der Waals surface area contributed by atoms with Crippen molar-refractivity contribution in [1.82, 2.24) is 4.90 Å². The highest BCUT2D eigenvalue weighted by atomic mass is 79.9. The van der Waals surface area contributed by atoms with E-state index in [0.29, 0.717) is 12.0 Å². The second-order valence-corrected chi connectivity index (χ2v) is 6.47. The van der Waals surface area contributed by atoms with Gasteiger partial charge in [-0.1, -0.05) is 41.9 Å². The van der Waals surface area contributed by atoms with Crippen LogP contribution < -0.4 is 0 Å². The van der Waals surface area contributed by atoms with E-state index in [-0.39, 0.29) is 5.78 Å². The van der Waals surface area contributed by atoms with E-state index in [1.54, 1.807) is 0 Å². The minimum Gasteiger partial charge on any atom is -0.295 e. The summed E-state index contributed by atoms with van der Waals surface area (Å²) < 4.78 is 0.963. The predicted molar refractivity (Wildman–Crippen MR) is 73.3 cm³/mol. The Morgan fingerprint density at radius 2 is 2.24 bits per heavy atom. The molecule has 0 aliphatic carbocycles. The third kappa shape index (κ3) is 3.39. The lowest BCUT2D eigenvalue weighted by molar-refractivity contribution is 0.0940. The van der Waals surface area contributed by atoms with Crippen molar-refractivity contribution in [2.75, 3.05) is 19.6 Å². The fourth-order valence-corrected chi connectivity index (χ4v) is 2.71. The van der Waals surface area contributed by atoms with Crippen molar-refractivity contribution < 1.29 is 4.79 Å². The lowest BCUT2D eigenvalue weighted by Crippen LogP contribution is -2.29. The topological polar surface area (TPSA) is 20.3 Å². The summed E-state index contributed by atoms with van der Waals surface area (Å²) in [5.41, 5.74) is 1.15. The number of hydrogen-bond acceptors (Lipinski definition) is 2. The molecule has 1 aliphatic rings. The van der Waals surface area contributed by atoms with Gasteiger partial charge in [-0.3, -0.25) is 9.69 Å². The third-order valence-corrected chi connectivity index (χ3v) is 3.76. The summed E-state index contributed by atoms with van der Waals surface area (Å²) in [6, 6.07) is 7.62. The molecule has 1 aromatic carbocycles. The van der Waals surface area contributed by atoms with Crippen LogP contribution in [0, 0.1) is 5.41 Å². The number of carbonyl (C=O) groups excluding carboxylic acids is 1. The molecule has 1 saturated heterocycles. The standard InChI is InChI=1S/C14H18BrNO/c1-14(2)6-7-16(10-14)9-13(17)11-4-3-5-12(15)8-11/h3-5,8H,6-7,9-10H2,1-2H3. The van der Waals surface area contributed by atoms with Crippen LogP contribution in [-0.2, 0) is 0 Å². The number of carbonyl (C=O) groups is 1. The van der Waals surface area contributed by atoms with Crippen LogP contribution in [0.15, 0.2) is 28.7 Å². The van der Waals surface area contributed by atoms with Crippen LogP contribution in [0.2, 0.25) is 0 Å². The zero-order chi connectivity index (χ0) is 12.5. The molecule has 17 heavy (non-hydrogen) atoms. The Bertz CT molecular complexity index is 428. The van der Waals surface area contributed by atoms with Gasteiger partial charge in [-0.15, -0.1) is 0 Å². The van der Waals surface area contributed by atoms with Crippen LogP contribution >= 0.6 is 15.9 Å². The highest BCUT2D eigenvalue weighted by Gasteiger charge is 2.30. The Morgan fingerprint density at radius 3 is 2.82 bits per heavy atom. The number of ketones is 1. The van der Waals surface area contributed by atoms with E-state index in [1.165, 1.54) is 6.42 Å². The van der Waals surface area contributed by atoms with E-state index in [4.69, 9.17) is 0 Å². The van der Waals surface area contributed by atoms with E-state index in [0.717, 1.165) is 23.1 Å². The molecule has 0 atom stereocenters. The lowest BCUT2D eigenvalue weighted by Gasteiger charge is -2.18. The maximum atomic E-state index is 12.1. The Balaban J connectivity index is 1.98. The molecule has 0 spiro atoms. The number of Topliss-reactive ketones (excluding diaryl/α,β-unsaturated/α-hetero) is 1. The van der Waals surface area contributed by atoms with Crippen molar-refractivity contribution in [1.29, 1.82) is 0 Å². The fourth-order valence-electron chi connectivity index (χ4n) is 2.32. The predicted octanol–water partition coefficient (Wildman–Crippen LogP) is 3.36. The summed E-state index contributed by atoms with van der Waals surface area (Å²) in [6.07, 6.45) is 1.18. The number of halogens is 1. The first-order valence-corrected chi connectivity index (χ1v) is 6.77. The molecule has 0 bridgehead atoms. The summed E-state index contributed by atoms with van der Waals surface area (Å²) >= 11 is 3.40. The smallest absolute Gasteiger partial charge is 0.176 e. The van der Waals surface area contributed by atoms with Gasteiger partial charge >= 0.3 is 0 Å². The Morgan fingerprint density at radius 1 is 1.47 bits per heavy atom. The number of benzene rings is 1. The normalized spacial score (nSPS) is 19.5. The zero-order valence-corrected chi connectivity index (χ0v) is 12.0. The Hall–Kier alpha value is -0.670. The first kappa shape index (κ1) is 12.8. The van der Waals surface area contributed by atoms with E-state index >= 15 is 0 Å². The van der Waals surface area contributed by atoms with Gasteiger partial charge in [0.1, 0.15) is 0 Å². The van der Waals surface area contributed by atoms with Gasteiger partial charge in [-0.2, -0.15) is 0 Å². The van der Waals surface area contributed by atoms with Gasteiger partial charge in [0.2, 0.25) is 0 Å². The van der Waals surface area contributed by atoms with Crippen LogP contribution in [0.1, 0.15) is 30.6 Å². The van der Waals surface area contributed by atoms with E-state index in [9.17, 15) is 4.79 Å². The molecule has 0 N–H and O–H groups in total. The van der Waals surface area contributed by atoms with Gasteiger partial charge in [0.25, 0.3) is 0 Å². The number of rotatable bonds is 3. The molecule has 1 aliphatic heterocycles. The average molecular weight is 296 g/mol. The summed E-state index contributed by atoms with van der Waals surface area (Å²) in [6.45, 7) is 7.12. The van der Waals surface area contributed by atoms with Crippen LogP contribution in [0.4, 0.5) is 0 Å². The molecule has 0 unspecified atom stereocenters. The summed E-state index contributed by atoms with van der Waals surface area (Å²) in [4.78, 5) is 14.4. The molecular formula is C14H18BrNO. The molecule has 2 nitrogen and oxygen atoms in total. The molecule has 0 radical (unpaired) electrons. The largest absolute Gasteiger partial charge is 0.295 e. The highest BCUT2D eigenvalue weighted by Crippen LogP contribution is 2.28. The number of nitrogens with zero attached hydrogens (tertiary/aromatic N) is 1. The second-order valence-electron chi connectivity index (χ2n) is 5.56. The quantitative estimate of drug-likeness (QED) is 0.797. The SMILES string of the molecule is CC1(C)CCN(CC(=O)c2cccc(Br)c2)C1. The van der Waals surface area contributed by atoms with E-state index in [1.807, 2.05) is 24.3 Å². The molecule has 1 aromatic rings. The second kappa shape index (κ2) is 4.91. The minimum atomic E-state index is 0.212. The molecule has 92 valence electrons. The molecule has 0 amide bonds. The van der Waals surface area contributed by atoms with Crippen LogP contribution in [-0.4, -0.2) is 30.3 Å². The van der Waals surface area contributed by atoms with Crippen LogP contribution in [0.25, 0.3) is 0 Å². The maximum Gasteiger partial charge on any atom is 0.176 e. The first-order chi connectivity index (χ1) is 7.96. The number of hydrogen-bond donors (Lipinski definition) is 0. The van der Waals surface area contributed by atoms with Gasteiger partial charge in [-0.25, -0.2) is 0 Å². The van der Waals surface area contributed by atoms with Gasteiger partial charge in [0, 0.05) is 16.6 Å². The number of likely N-dealkylation sites (tertiary alicyclic amines) is 1. The van der Waals surface area contributed by atoms with E-state index < -0.39 is 0 Å². The van der Waals surface area contributed by atoms with Crippen molar-refractivity contribution in [3.63, 3.8) is 0 Å². The zero-order valence-electron chi connectivity index (χ0n) is 10.4. The molecule has 3 heteroatoms. The molecule has 0 saturated carbocycles. The van der Waals surface area contributed by atoms with Crippen molar-refractivity contribution >= 4 is 21.7 Å². The first-order valence-electron chi connectivity index (χ1n) is 5.97. The van der Waals surface area contributed by atoms with Gasteiger partial charge in [-0.05, 0) is 30.5 Å². The molecule has 0 aromatic heterocycles. The van der Waals surface area contributed by atoms with Gasteiger partial charge in [0.15, 0.2) is 5.78 Å². The molecular weight excluding hydrogens is 278 g/mol. The van der Waals surface area contributed by atoms with Crippen molar-refractivity contribution in [2.45, 2.75) is 20.3 Å². The summed E-state index contributed by atoms with van der Waals surface area (Å²) in [5.74, 6) is 0.212. The maximum absolute atomic E-state index is 12.1. The average Bonchev–Trinajstić information content (AvgIpc) is 2.58. The minimum absolute atomic E-state index is 0.212. The van der Waals surface area contributed by atoms with E-state index in [2.05, 4.69) is 34.7 Å². The van der Waals surface area contributed by atoms with Crippen LogP contribution in [0.5, 0.6) is 0 Å². The van der Waals surface area contributed by atoms with Crippen molar-refractivity contribution in [3.8, 4) is 0 Å². The molecule has 2 rings (SSSR count). The Labute approximate surface area is 111 Å². The lowest BCUT2D eigenvalue weighted by atomic mass is 9.93.